The Kier molecular flexibility index (Phi) is 5.49. The first-order valence-electron chi connectivity index (χ1n) is 4.13. The molecule has 6 nitrogen and oxygen atoms in total. The van der Waals surface area contributed by atoms with Crippen LogP contribution in [0.3, 0.4) is 0 Å². The summed E-state index contributed by atoms with van der Waals surface area (Å²) in [5, 5.41) is 7.40. The highest BCUT2D eigenvalue weighted by atomic mass is 35.5. The van der Waals surface area contributed by atoms with Gasteiger partial charge in [-0.05, 0) is 27.7 Å². The van der Waals surface area contributed by atoms with Gasteiger partial charge in [-0.3, -0.25) is 9.59 Å². The normalized spacial score (nSPS) is 12.3. The van der Waals surface area contributed by atoms with E-state index in [0.717, 1.165) is 0 Å². The van der Waals surface area contributed by atoms with Crippen molar-refractivity contribution in [3.05, 3.63) is 0 Å². The molecule has 0 aromatic carbocycles. The van der Waals surface area contributed by atoms with Gasteiger partial charge in [-0.2, -0.15) is 10.2 Å². The van der Waals surface area contributed by atoms with Gasteiger partial charge in [0, 0.05) is 0 Å². The molecule has 0 heterocycles. The number of hydrogen-bond acceptors (Lipinski definition) is 4. The Balaban J connectivity index is 0. The zero-order valence-electron chi connectivity index (χ0n) is 9.27. The maximum absolute atomic E-state index is 10.9. The minimum Gasteiger partial charge on any atom is -0.368 e. The molecule has 0 fully saturated rings. The number of carbonyl (C=O) groups excluding carboxylic acids is 2. The standard InChI is InChI=1S/C8H16N4O2.ClH/c1-7(2,5(9)13)11-12-8(3,4)6(10)14;/h1-4H3,(H2,9,13)(H2,10,14);1H/b12-11+;. The molecule has 88 valence electrons. The summed E-state index contributed by atoms with van der Waals surface area (Å²) in [7, 11) is 0. The number of primary amides is 2. The monoisotopic (exact) mass is 236 g/mol. The van der Waals surface area contributed by atoms with Crippen LogP contribution < -0.4 is 11.5 Å². The highest BCUT2D eigenvalue weighted by molar-refractivity contribution is 5.85. The van der Waals surface area contributed by atoms with Crippen LogP contribution in [-0.2, 0) is 9.59 Å². The van der Waals surface area contributed by atoms with Crippen LogP contribution in [0.2, 0.25) is 0 Å². The topological polar surface area (TPSA) is 111 Å². The molecule has 0 bridgehead atoms. The predicted octanol–water partition coefficient (Wildman–Crippen LogP) is 0.388. The molecule has 0 aromatic heterocycles. The van der Waals surface area contributed by atoms with E-state index in [9.17, 15) is 9.59 Å². The third kappa shape index (κ3) is 4.73. The average molecular weight is 237 g/mol. The first kappa shape index (κ1) is 16.3. The summed E-state index contributed by atoms with van der Waals surface area (Å²) in [4.78, 5) is 21.7. The number of hydrogen-bond donors (Lipinski definition) is 2. The van der Waals surface area contributed by atoms with E-state index in [-0.39, 0.29) is 12.4 Å². The largest absolute Gasteiger partial charge is 0.368 e. The zero-order valence-corrected chi connectivity index (χ0v) is 10.1. The Morgan fingerprint density at radius 1 is 0.867 bits per heavy atom. The minimum atomic E-state index is -1.12. The highest BCUT2D eigenvalue weighted by Crippen LogP contribution is 2.14. The van der Waals surface area contributed by atoms with Crippen LogP contribution in [0.25, 0.3) is 0 Å². The Morgan fingerprint density at radius 2 is 1.07 bits per heavy atom. The first-order valence-corrected chi connectivity index (χ1v) is 4.13. The number of carbonyl (C=O) groups is 2. The van der Waals surface area contributed by atoms with Crippen LogP contribution in [0.15, 0.2) is 10.2 Å². The third-order valence-corrected chi connectivity index (χ3v) is 1.76. The van der Waals surface area contributed by atoms with Gasteiger partial charge in [0.1, 0.15) is 0 Å². The molecule has 0 atom stereocenters. The van der Waals surface area contributed by atoms with Gasteiger partial charge >= 0.3 is 0 Å². The van der Waals surface area contributed by atoms with E-state index in [4.69, 9.17) is 11.5 Å². The fourth-order valence-electron chi connectivity index (χ4n) is 0.349. The number of nitrogens with two attached hydrogens (primary N) is 2. The van der Waals surface area contributed by atoms with Crippen LogP contribution in [0.4, 0.5) is 0 Å². The Labute approximate surface area is 94.9 Å². The van der Waals surface area contributed by atoms with Gasteiger partial charge in [0.15, 0.2) is 11.1 Å². The lowest BCUT2D eigenvalue weighted by atomic mass is 10.1. The van der Waals surface area contributed by atoms with Crippen LogP contribution in [0, 0.1) is 0 Å². The lowest BCUT2D eigenvalue weighted by Gasteiger charge is -2.17. The van der Waals surface area contributed by atoms with Crippen LogP contribution in [0.1, 0.15) is 27.7 Å². The second-order valence-corrected chi connectivity index (χ2v) is 4.05. The van der Waals surface area contributed by atoms with Gasteiger partial charge in [0.05, 0.1) is 0 Å². The van der Waals surface area contributed by atoms with Crippen molar-refractivity contribution in [2.24, 2.45) is 21.7 Å². The van der Waals surface area contributed by atoms with Crippen LogP contribution in [0.5, 0.6) is 0 Å². The molecule has 0 aromatic rings. The fraction of sp³-hybridized carbons (Fsp3) is 0.750. The van der Waals surface area contributed by atoms with Crippen molar-refractivity contribution in [2.45, 2.75) is 38.8 Å². The summed E-state index contributed by atoms with van der Waals surface area (Å²) >= 11 is 0. The SMILES string of the molecule is CC(C)(/N=N/C(C)(C)C(N)=O)C(N)=O.Cl. The van der Waals surface area contributed by atoms with Crippen molar-refractivity contribution in [1.29, 1.82) is 0 Å². The molecular weight excluding hydrogens is 220 g/mol. The van der Waals surface area contributed by atoms with Crippen LogP contribution in [-0.4, -0.2) is 22.9 Å². The third-order valence-electron chi connectivity index (χ3n) is 1.76. The van der Waals surface area contributed by atoms with Gasteiger partial charge in [0.25, 0.3) is 0 Å². The van der Waals surface area contributed by atoms with E-state index in [2.05, 4.69) is 10.2 Å². The average Bonchev–Trinajstić information content (AvgIpc) is 2.01. The fourth-order valence-corrected chi connectivity index (χ4v) is 0.349. The molecule has 0 saturated carbocycles. The predicted molar refractivity (Wildman–Crippen MR) is 58.7 cm³/mol. The summed E-state index contributed by atoms with van der Waals surface area (Å²) in [6.45, 7) is 6.04. The summed E-state index contributed by atoms with van der Waals surface area (Å²) in [6, 6.07) is 0. The first-order chi connectivity index (χ1) is 6.09. The smallest absolute Gasteiger partial charge is 0.246 e. The molecule has 2 amide bonds. The van der Waals surface area contributed by atoms with E-state index in [0.29, 0.717) is 0 Å². The van der Waals surface area contributed by atoms with Crippen molar-refractivity contribution in [2.75, 3.05) is 0 Å². The van der Waals surface area contributed by atoms with Gasteiger partial charge < -0.3 is 11.5 Å². The van der Waals surface area contributed by atoms with Crippen molar-refractivity contribution in [3.8, 4) is 0 Å². The maximum atomic E-state index is 10.9. The van der Waals surface area contributed by atoms with Gasteiger partial charge in [-0.1, -0.05) is 0 Å². The number of rotatable bonds is 4. The second-order valence-electron chi connectivity index (χ2n) is 4.05. The van der Waals surface area contributed by atoms with Gasteiger partial charge in [-0.15, -0.1) is 12.4 Å². The molecule has 0 saturated heterocycles. The summed E-state index contributed by atoms with van der Waals surface area (Å²) in [5.41, 5.74) is 7.90. The minimum absolute atomic E-state index is 0. The molecule has 0 unspecified atom stereocenters. The molecule has 4 N–H and O–H groups in total. The second kappa shape index (κ2) is 5.06. The Bertz CT molecular complexity index is 258. The number of azo groups is 1. The Morgan fingerprint density at radius 3 is 1.20 bits per heavy atom. The van der Waals surface area contributed by atoms with Crippen molar-refractivity contribution >= 4 is 24.2 Å². The molecule has 0 rings (SSSR count). The molecular formula is C8H17ClN4O2. The van der Waals surface area contributed by atoms with E-state index in [1.165, 1.54) is 27.7 Å². The lowest BCUT2D eigenvalue weighted by molar-refractivity contribution is -0.124. The molecule has 0 aliphatic rings. The van der Waals surface area contributed by atoms with Crippen LogP contribution >= 0.6 is 12.4 Å². The molecule has 7 heteroatoms. The lowest BCUT2D eigenvalue weighted by Crippen LogP contribution is -2.39. The highest BCUT2D eigenvalue weighted by Gasteiger charge is 2.29. The van der Waals surface area contributed by atoms with E-state index in [1.54, 1.807) is 0 Å². The summed E-state index contributed by atoms with van der Waals surface area (Å²) < 4.78 is 0. The van der Waals surface area contributed by atoms with Crippen molar-refractivity contribution in [3.63, 3.8) is 0 Å². The van der Waals surface area contributed by atoms with E-state index < -0.39 is 22.9 Å². The number of halogens is 1. The van der Waals surface area contributed by atoms with Crippen molar-refractivity contribution in [1.82, 2.24) is 0 Å². The zero-order chi connectivity index (χ0) is 11.6. The van der Waals surface area contributed by atoms with E-state index >= 15 is 0 Å². The quantitative estimate of drug-likeness (QED) is 0.688. The molecule has 0 aliphatic carbocycles. The molecule has 0 radical (unpaired) electrons. The number of amides is 2. The molecule has 15 heavy (non-hydrogen) atoms. The molecule has 0 aliphatic heterocycles. The Hall–Kier alpha value is -1.17. The summed E-state index contributed by atoms with van der Waals surface area (Å²) in [6.07, 6.45) is 0. The maximum Gasteiger partial charge on any atom is 0.246 e. The molecule has 0 spiro atoms. The van der Waals surface area contributed by atoms with Gasteiger partial charge in [-0.25, -0.2) is 0 Å². The van der Waals surface area contributed by atoms with Gasteiger partial charge in [0.2, 0.25) is 11.8 Å². The summed E-state index contributed by atoms with van der Waals surface area (Å²) in [5.74, 6) is -1.22. The van der Waals surface area contributed by atoms with Crippen molar-refractivity contribution < 1.29 is 9.59 Å². The van der Waals surface area contributed by atoms with E-state index in [1.807, 2.05) is 0 Å². The number of nitrogens with zero attached hydrogens (tertiary/aromatic N) is 2.